The maximum atomic E-state index is 10.5. The van der Waals surface area contributed by atoms with Crippen molar-refractivity contribution >= 4 is 6.29 Å². The van der Waals surface area contributed by atoms with Gasteiger partial charge in [0, 0.05) is 5.92 Å². The van der Waals surface area contributed by atoms with Crippen molar-refractivity contribution < 1.29 is 4.79 Å². The van der Waals surface area contributed by atoms with Gasteiger partial charge in [0.05, 0.1) is 0 Å². The third-order valence-corrected chi connectivity index (χ3v) is 2.37. The smallest absolute Gasteiger partial charge is 0.123 e. The Hall–Kier alpha value is -0.590. The minimum atomic E-state index is 0.255. The normalized spacial score (nSPS) is 39.6. The van der Waals surface area contributed by atoms with E-state index in [0.717, 1.165) is 12.7 Å². The van der Waals surface area contributed by atoms with Crippen molar-refractivity contribution in [1.29, 1.82) is 0 Å². The lowest BCUT2D eigenvalue weighted by Crippen LogP contribution is -2.22. The molecule has 0 aliphatic heterocycles. The van der Waals surface area contributed by atoms with Crippen molar-refractivity contribution in [3.63, 3.8) is 0 Å². The molecule has 10 heavy (non-hydrogen) atoms. The van der Waals surface area contributed by atoms with Crippen molar-refractivity contribution in [1.82, 2.24) is 0 Å². The number of rotatable bonds is 1. The summed E-state index contributed by atoms with van der Waals surface area (Å²) in [6.45, 7) is 4.24. The molecule has 0 radical (unpaired) electrons. The van der Waals surface area contributed by atoms with Crippen LogP contribution in [0.1, 0.15) is 20.3 Å². The second-order valence-corrected chi connectivity index (χ2v) is 3.21. The quantitative estimate of drug-likeness (QED) is 0.400. The summed E-state index contributed by atoms with van der Waals surface area (Å²) in [6.07, 6.45) is 6.47. The van der Waals surface area contributed by atoms with Crippen LogP contribution in [-0.4, -0.2) is 6.29 Å². The summed E-state index contributed by atoms with van der Waals surface area (Å²) in [7, 11) is 0. The van der Waals surface area contributed by atoms with Gasteiger partial charge < -0.3 is 4.79 Å². The fourth-order valence-electron chi connectivity index (χ4n) is 1.57. The van der Waals surface area contributed by atoms with E-state index in [2.05, 4.69) is 26.0 Å². The minimum Gasteiger partial charge on any atom is -0.303 e. The van der Waals surface area contributed by atoms with E-state index in [-0.39, 0.29) is 5.92 Å². The Kier molecular flexibility index (Phi) is 2.25. The molecule has 0 bridgehead atoms. The number of carbonyl (C=O) groups is 1. The average molecular weight is 138 g/mol. The summed E-state index contributed by atoms with van der Waals surface area (Å²) in [4.78, 5) is 10.5. The molecule has 1 nitrogen and oxygen atoms in total. The molecule has 0 aromatic carbocycles. The third kappa shape index (κ3) is 1.28. The van der Waals surface area contributed by atoms with Crippen molar-refractivity contribution in [3.8, 4) is 0 Å². The Labute approximate surface area is 62.1 Å². The van der Waals surface area contributed by atoms with Gasteiger partial charge >= 0.3 is 0 Å². The number of allylic oxidation sites excluding steroid dienone is 2. The zero-order chi connectivity index (χ0) is 7.56. The van der Waals surface area contributed by atoms with Crippen LogP contribution in [0.3, 0.4) is 0 Å². The van der Waals surface area contributed by atoms with Crippen LogP contribution in [0, 0.1) is 17.8 Å². The van der Waals surface area contributed by atoms with Crippen molar-refractivity contribution in [2.24, 2.45) is 17.8 Å². The Morgan fingerprint density at radius 2 is 2.20 bits per heavy atom. The van der Waals surface area contributed by atoms with Gasteiger partial charge in [0.1, 0.15) is 6.29 Å². The first-order valence-corrected chi connectivity index (χ1v) is 3.87. The predicted molar refractivity (Wildman–Crippen MR) is 41.6 cm³/mol. The highest BCUT2D eigenvalue weighted by atomic mass is 16.1. The van der Waals surface area contributed by atoms with E-state index >= 15 is 0 Å². The number of aldehydes is 1. The molecule has 0 saturated carbocycles. The highest BCUT2D eigenvalue weighted by Crippen LogP contribution is 2.27. The summed E-state index contributed by atoms with van der Waals surface area (Å²) in [5.74, 6) is 1.24. The van der Waals surface area contributed by atoms with Gasteiger partial charge in [-0.15, -0.1) is 0 Å². The molecule has 1 aliphatic carbocycles. The lowest BCUT2D eigenvalue weighted by molar-refractivity contribution is -0.113. The molecule has 0 aromatic heterocycles. The molecular weight excluding hydrogens is 124 g/mol. The van der Waals surface area contributed by atoms with Gasteiger partial charge in [0.25, 0.3) is 0 Å². The largest absolute Gasteiger partial charge is 0.303 e. The first kappa shape index (κ1) is 7.52. The summed E-state index contributed by atoms with van der Waals surface area (Å²) in [6, 6.07) is 0. The predicted octanol–water partition coefficient (Wildman–Crippen LogP) is 2.03. The SMILES string of the molecule is C[C@H]1C=CC[C@H](C)[C@H]1C=O. The van der Waals surface area contributed by atoms with Gasteiger partial charge in [-0.25, -0.2) is 0 Å². The van der Waals surface area contributed by atoms with Gasteiger partial charge in [-0.2, -0.15) is 0 Å². The summed E-state index contributed by atoms with van der Waals surface area (Å²) in [5, 5.41) is 0. The first-order chi connectivity index (χ1) is 4.75. The van der Waals surface area contributed by atoms with Crippen LogP contribution in [0.15, 0.2) is 12.2 Å². The second kappa shape index (κ2) is 3.00. The lowest BCUT2D eigenvalue weighted by atomic mass is 9.79. The molecule has 1 aliphatic rings. The number of hydrogen-bond acceptors (Lipinski definition) is 1. The van der Waals surface area contributed by atoms with E-state index in [9.17, 15) is 4.79 Å². The Morgan fingerprint density at radius 1 is 1.50 bits per heavy atom. The third-order valence-electron chi connectivity index (χ3n) is 2.37. The zero-order valence-electron chi connectivity index (χ0n) is 6.58. The summed E-state index contributed by atoms with van der Waals surface area (Å²) >= 11 is 0. The highest BCUT2D eigenvalue weighted by Gasteiger charge is 2.23. The average Bonchev–Trinajstić information content (AvgIpc) is 1.88. The van der Waals surface area contributed by atoms with Crippen LogP contribution in [0.5, 0.6) is 0 Å². The monoisotopic (exact) mass is 138 g/mol. The topological polar surface area (TPSA) is 17.1 Å². The number of hydrogen-bond donors (Lipinski definition) is 0. The van der Waals surface area contributed by atoms with Crippen molar-refractivity contribution in [2.45, 2.75) is 20.3 Å². The minimum absolute atomic E-state index is 0.255. The fourth-order valence-corrected chi connectivity index (χ4v) is 1.57. The maximum absolute atomic E-state index is 10.5. The van der Waals surface area contributed by atoms with Gasteiger partial charge in [-0.1, -0.05) is 26.0 Å². The molecule has 0 heterocycles. The number of carbonyl (C=O) groups excluding carboxylic acids is 1. The van der Waals surface area contributed by atoms with Crippen LogP contribution in [0.2, 0.25) is 0 Å². The molecule has 0 aromatic rings. The van der Waals surface area contributed by atoms with Crippen molar-refractivity contribution in [2.75, 3.05) is 0 Å². The van der Waals surface area contributed by atoms with E-state index in [0.29, 0.717) is 11.8 Å². The Morgan fingerprint density at radius 3 is 2.60 bits per heavy atom. The maximum Gasteiger partial charge on any atom is 0.123 e. The van der Waals surface area contributed by atoms with E-state index in [1.54, 1.807) is 0 Å². The molecule has 0 spiro atoms. The molecule has 1 heteroatoms. The van der Waals surface area contributed by atoms with Gasteiger partial charge in [0.15, 0.2) is 0 Å². The molecule has 0 saturated heterocycles. The van der Waals surface area contributed by atoms with Crippen LogP contribution in [-0.2, 0) is 4.79 Å². The summed E-state index contributed by atoms with van der Waals surface area (Å²) in [5.41, 5.74) is 0. The molecule has 1 rings (SSSR count). The van der Waals surface area contributed by atoms with Gasteiger partial charge in [0.2, 0.25) is 0 Å². The Bertz CT molecular complexity index is 149. The van der Waals surface area contributed by atoms with E-state index in [4.69, 9.17) is 0 Å². The van der Waals surface area contributed by atoms with E-state index < -0.39 is 0 Å². The summed E-state index contributed by atoms with van der Waals surface area (Å²) < 4.78 is 0. The molecule has 0 N–H and O–H groups in total. The molecule has 3 atom stereocenters. The highest BCUT2D eigenvalue weighted by molar-refractivity contribution is 5.55. The van der Waals surface area contributed by atoms with E-state index in [1.807, 2.05) is 0 Å². The van der Waals surface area contributed by atoms with Crippen LogP contribution in [0.25, 0.3) is 0 Å². The molecular formula is C9H14O. The van der Waals surface area contributed by atoms with Crippen LogP contribution in [0.4, 0.5) is 0 Å². The molecule has 56 valence electrons. The van der Waals surface area contributed by atoms with Gasteiger partial charge in [-0.3, -0.25) is 0 Å². The first-order valence-electron chi connectivity index (χ1n) is 3.87. The molecule has 0 fully saturated rings. The lowest BCUT2D eigenvalue weighted by Gasteiger charge is -2.25. The van der Waals surface area contributed by atoms with Crippen LogP contribution < -0.4 is 0 Å². The fraction of sp³-hybridized carbons (Fsp3) is 0.667. The molecule has 0 amide bonds. The second-order valence-electron chi connectivity index (χ2n) is 3.21. The standard InChI is InChI=1S/C9H14O/c1-7-4-3-5-8(2)9(7)6-10/h3-4,6-9H,5H2,1-2H3/t7-,8-,9-/m0/s1. The zero-order valence-corrected chi connectivity index (χ0v) is 6.58. The Balaban J connectivity index is 2.67. The molecule has 0 unspecified atom stereocenters. The van der Waals surface area contributed by atoms with Crippen molar-refractivity contribution in [3.05, 3.63) is 12.2 Å². The van der Waals surface area contributed by atoms with E-state index in [1.165, 1.54) is 0 Å². The van der Waals surface area contributed by atoms with Crippen LogP contribution >= 0.6 is 0 Å². The van der Waals surface area contributed by atoms with Gasteiger partial charge in [-0.05, 0) is 18.3 Å².